The monoisotopic (exact) mass is 278 g/mol. The molecule has 1 rings (SSSR count). The molecule has 0 spiro atoms. The summed E-state index contributed by atoms with van der Waals surface area (Å²) in [5.74, 6) is 0.933. The molecule has 0 heterocycles. The van der Waals surface area contributed by atoms with Crippen molar-refractivity contribution in [1.29, 1.82) is 0 Å². The highest BCUT2D eigenvalue weighted by Gasteiger charge is 2.10. The second-order valence-electron chi connectivity index (χ2n) is 5.66. The molecule has 0 aliphatic rings. The fraction of sp³-hybridized carbons (Fsp3) is 0.647. The number of hydrogen-bond acceptors (Lipinski definition) is 3. The molecule has 0 radical (unpaired) electrons. The third kappa shape index (κ3) is 5.41. The van der Waals surface area contributed by atoms with Crippen LogP contribution in [0.2, 0.25) is 0 Å². The molecule has 1 unspecified atom stereocenters. The molecule has 114 valence electrons. The molecule has 3 nitrogen and oxygen atoms in total. The van der Waals surface area contributed by atoms with E-state index in [0.29, 0.717) is 6.04 Å². The van der Waals surface area contributed by atoms with Crippen LogP contribution in [0.1, 0.15) is 45.1 Å². The number of unbranched alkanes of at least 4 members (excludes halogenated alkanes) is 1. The average Bonchev–Trinajstić information content (AvgIpc) is 2.43. The minimum Gasteiger partial charge on any atom is -0.495 e. The standard InChI is InChI=1S/C17H30N2O/c1-6-8-9-15(7-2)18-16-12-14(13-19(3)4)10-11-17(16)20-5/h10-12,15,18H,6-9,13H2,1-5H3. The first-order valence-electron chi connectivity index (χ1n) is 7.68. The SMILES string of the molecule is CCCCC(CC)Nc1cc(CN(C)C)ccc1OC. The first-order valence-corrected chi connectivity index (χ1v) is 7.68. The van der Waals surface area contributed by atoms with Crippen LogP contribution in [0, 0.1) is 0 Å². The van der Waals surface area contributed by atoms with E-state index >= 15 is 0 Å². The van der Waals surface area contributed by atoms with Gasteiger partial charge in [-0.1, -0.05) is 32.8 Å². The van der Waals surface area contributed by atoms with Crippen molar-refractivity contribution >= 4 is 5.69 Å². The summed E-state index contributed by atoms with van der Waals surface area (Å²) in [7, 11) is 5.92. The lowest BCUT2D eigenvalue weighted by Crippen LogP contribution is -2.19. The molecule has 0 fully saturated rings. The predicted octanol–water partition coefficient (Wildman–Crippen LogP) is 4.14. The van der Waals surface area contributed by atoms with Crippen molar-refractivity contribution in [3.63, 3.8) is 0 Å². The number of nitrogens with zero attached hydrogens (tertiary/aromatic N) is 1. The van der Waals surface area contributed by atoms with Gasteiger partial charge in [-0.2, -0.15) is 0 Å². The average molecular weight is 278 g/mol. The summed E-state index contributed by atoms with van der Waals surface area (Å²) in [5, 5.41) is 3.65. The number of rotatable bonds is 9. The van der Waals surface area contributed by atoms with Crippen molar-refractivity contribution in [3.05, 3.63) is 23.8 Å². The van der Waals surface area contributed by atoms with E-state index < -0.39 is 0 Å². The molecule has 1 aromatic rings. The highest BCUT2D eigenvalue weighted by atomic mass is 16.5. The largest absolute Gasteiger partial charge is 0.495 e. The van der Waals surface area contributed by atoms with E-state index in [0.717, 1.165) is 24.4 Å². The third-order valence-electron chi connectivity index (χ3n) is 3.52. The Kier molecular flexibility index (Phi) is 7.45. The van der Waals surface area contributed by atoms with Gasteiger partial charge in [0.15, 0.2) is 0 Å². The fourth-order valence-corrected chi connectivity index (χ4v) is 2.38. The minimum absolute atomic E-state index is 0.526. The zero-order chi connectivity index (χ0) is 15.0. The summed E-state index contributed by atoms with van der Waals surface area (Å²) in [5.41, 5.74) is 2.43. The van der Waals surface area contributed by atoms with Crippen molar-refractivity contribution in [3.8, 4) is 5.75 Å². The predicted molar refractivity (Wildman–Crippen MR) is 87.6 cm³/mol. The van der Waals surface area contributed by atoms with Gasteiger partial charge >= 0.3 is 0 Å². The van der Waals surface area contributed by atoms with Crippen molar-refractivity contribution in [2.75, 3.05) is 26.5 Å². The van der Waals surface area contributed by atoms with Gasteiger partial charge in [-0.05, 0) is 44.6 Å². The van der Waals surface area contributed by atoms with Crippen LogP contribution in [0.4, 0.5) is 5.69 Å². The molecular weight excluding hydrogens is 248 g/mol. The molecule has 0 aliphatic heterocycles. The second-order valence-corrected chi connectivity index (χ2v) is 5.66. The number of nitrogens with one attached hydrogen (secondary N) is 1. The van der Waals surface area contributed by atoms with E-state index in [9.17, 15) is 0 Å². The maximum absolute atomic E-state index is 5.48. The Morgan fingerprint density at radius 3 is 2.55 bits per heavy atom. The molecule has 1 N–H and O–H groups in total. The van der Waals surface area contributed by atoms with Crippen molar-refractivity contribution < 1.29 is 4.74 Å². The number of ether oxygens (including phenoxy) is 1. The van der Waals surface area contributed by atoms with Crippen LogP contribution in [0.15, 0.2) is 18.2 Å². The van der Waals surface area contributed by atoms with Gasteiger partial charge in [0.1, 0.15) is 5.75 Å². The first kappa shape index (κ1) is 16.8. The lowest BCUT2D eigenvalue weighted by Gasteiger charge is -2.21. The number of benzene rings is 1. The van der Waals surface area contributed by atoms with Crippen molar-refractivity contribution in [2.45, 2.75) is 52.1 Å². The molecular formula is C17H30N2O. The Hall–Kier alpha value is -1.22. The van der Waals surface area contributed by atoms with Crippen LogP contribution < -0.4 is 10.1 Å². The molecule has 0 aliphatic carbocycles. The Balaban J connectivity index is 2.83. The van der Waals surface area contributed by atoms with E-state index in [1.54, 1.807) is 7.11 Å². The molecule has 0 bridgehead atoms. The topological polar surface area (TPSA) is 24.5 Å². The van der Waals surface area contributed by atoms with Gasteiger partial charge in [-0.15, -0.1) is 0 Å². The quantitative estimate of drug-likeness (QED) is 0.735. The Morgan fingerprint density at radius 2 is 2.00 bits per heavy atom. The summed E-state index contributed by atoms with van der Waals surface area (Å²) in [4.78, 5) is 2.18. The van der Waals surface area contributed by atoms with E-state index in [1.165, 1.54) is 24.8 Å². The third-order valence-corrected chi connectivity index (χ3v) is 3.52. The molecule has 1 aromatic carbocycles. The van der Waals surface area contributed by atoms with Crippen molar-refractivity contribution in [2.24, 2.45) is 0 Å². The fourth-order valence-electron chi connectivity index (χ4n) is 2.38. The van der Waals surface area contributed by atoms with Gasteiger partial charge in [0.2, 0.25) is 0 Å². The van der Waals surface area contributed by atoms with Crippen LogP contribution in [0.5, 0.6) is 5.75 Å². The summed E-state index contributed by atoms with van der Waals surface area (Å²) in [6.07, 6.45) is 4.87. The van der Waals surface area contributed by atoms with Gasteiger partial charge in [0.25, 0.3) is 0 Å². The molecule has 20 heavy (non-hydrogen) atoms. The first-order chi connectivity index (χ1) is 9.60. The lowest BCUT2D eigenvalue weighted by molar-refractivity contribution is 0.400. The maximum atomic E-state index is 5.48. The Morgan fingerprint density at radius 1 is 1.25 bits per heavy atom. The Bertz CT molecular complexity index is 391. The van der Waals surface area contributed by atoms with E-state index in [-0.39, 0.29) is 0 Å². The summed E-state index contributed by atoms with van der Waals surface area (Å²) < 4.78 is 5.48. The Labute approximate surface area is 124 Å². The van der Waals surface area contributed by atoms with Crippen LogP contribution in [0.3, 0.4) is 0 Å². The van der Waals surface area contributed by atoms with Gasteiger partial charge in [0.05, 0.1) is 12.8 Å². The molecule has 0 aromatic heterocycles. The minimum atomic E-state index is 0.526. The molecule has 3 heteroatoms. The van der Waals surface area contributed by atoms with Gasteiger partial charge in [-0.25, -0.2) is 0 Å². The number of anilines is 1. The smallest absolute Gasteiger partial charge is 0.141 e. The molecule has 1 atom stereocenters. The van der Waals surface area contributed by atoms with Gasteiger partial charge < -0.3 is 15.0 Å². The highest BCUT2D eigenvalue weighted by molar-refractivity contribution is 5.58. The summed E-state index contributed by atoms with van der Waals surface area (Å²) in [6, 6.07) is 6.94. The normalized spacial score (nSPS) is 12.5. The van der Waals surface area contributed by atoms with Gasteiger partial charge in [-0.3, -0.25) is 0 Å². The van der Waals surface area contributed by atoms with E-state index in [2.05, 4.69) is 56.4 Å². The molecule has 0 saturated carbocycles. The van der Waals surface area contributed by atoms with Gasteiger partial charge in [0, 0.05) is 12.6 Å². The number of hydrogen-bond donors (Lipinski definition) is 1. The maximum Gasteiger partial charge on any atom is 0.141 e. The zero-order valence-electron chi connectivity index (χ0n) is 13.7. The van der Waals surface area contributed by atoms with Crippen LogP contribution >= 0.6 is 0 Å². The van der Waals surface area contributed by atoms with Crippen molar-refractivity contribution in [1.82, 2.24) is 4.90 Å². The van der Waals surface area contributed by atoms with E-state index in [4.69, 9.17) is 4.74 Å². The van der Waals surface area contributed by atoms with Crippen LogP contribution in [-0.2, 0) is 6.54 Å². The van der Waals surface area contributed by atoms with Crippen LogP contribution in [0.25, 0.3) is 0 Å². The van der Waals surface area contributed by atoms with E-state index in [1.807, 2.05) is 0 Å². The molecule has 0 saturated heterocycles. The zero-order valence-corrected chi connectivity index (χ0v) is 13.7. The number of methoxy groups -OCH3 is 1. The van der Waals surface area contributed by atoms with Crippen LogP contribution in [-0.4, -0.2) is 32.1 Å². The summed E-state index contributed by atoms with van der Waals surface area (Å²) >= 11 is 0. The molecule has 0 amide bonds. The highest BCUT2D eigenvalue weighted by Crippen LogP contribution is 2.27. The second kappa shape index (κ2) is 8.85. The summed E-state index contributed by atoms with van der Waals surface area (Å²) in [6.45, 7) is 5.43. The lowest BCUT2D eigenvalue weighted by atomic mass is 10.1.